The molecule has 132 valence electrons. The first-order valence-electron chi connectivity index (χ1n) is 9.38. The van der Waals surface area contributed by atoms with E-state index in [4.69, 9.17) is 0 Å². The Morgan fingerprint density at radius 2 is 1.15 bits per heavy atom. The number of hydrogen-bond donors (Lipinski definition) is 0. The Balaban J connectivity index is 2.13. The van der Waals surface area contributed by atoms with Crippen molar-refractivity contribution in [3.05, 3.63) is 76.9 Å². The summed E-state index contributed by atoms with van der Waals surface area (Å²) in [7, 11) is 0. The van der Waals surface area contributed by atoms with Crippen molar-refractivity contribution in [1.29, 1.82) is 0 Å². The van der Waals surface area contributed by atoms with E-state index >= 15 is 0 Å². The molecule has 0 fully saturated rings. The molecule has 0 atom stereocenters. The normalized spacial score (nSPS) is 12.2. The third kappa shape index (κ3) is 2.72. The molecule has 0 aliphatic heterocycles. The van der Waals surface area contributed by atoms with E-state index in [0.717, 1.165) is 0 Å². The Kier molecular flexibility index (Phi) is 3.73. The molecule has 0 radical (unpaired) electrons. The first-order valence-corrected chi connectivity index (χ1v) is 9.38. The Hall–Kier alpha value is -2.54. The number of hydrogen-bond acceptors (Lipinski definition) is 0. The van der Waals surface area contributed by atoms with Crippen LogP contribution >= 0.6 is 0 Å². The van der Waals surface area contributed by atoms with Gasteiger partial charge in [-0.15, -0.1) is 0 Å². The highest BCUT2D eigenvalue weighted by atomic mass is 15.0. The van der Waals surface area contributed by atoms with Gasteiger partial charge in [-0.25, -0.2) is 0 Å². The third-order valence-electron chi connectivity index (χ3n) is 5.26. The number of benzene rings is 3. The molecular formula is C25H27N. The second-order valence-corrected chi connectivity index (χ2v) is 8.68. The predicted molar refractivity (Wildman–Crippen MR) is 114 cm³/mol. The fourth-order valence-electron chi connectivity index (χ4n) is 3.85. The fourth-order valence-corrected chi connectivity index (χ4v) is 3.85. The highest BCUT2D eigenvalue weighted by molar-refractivity contribution is 6.09. The van der Waals surface area contributed by atoms with Crippen molar-refractivity contribution in [3.63, 3.8) is 0 Å². The highest BCUT2D eigenvalue weighted by Crippen LogP contribution is 2.35. The maximum Gasteiger partial charge on any atom is 0.0541 e. The minimum absolute atomic E-state index is 0.132. The van der Waals surface area contributed by atoms with Crippen molar-refractivity contribution < 1.29 is 0 Å². The van der Waals surface area contributed by atoms with Gasteiger partial charge in [-0.1, -0.05) is 50.1 Å². The van der Waals surface area contributed by atoms with Gasteiger partial charge in [0.25, 0.3) is 0 Å². The van der Waals surface area contributed by atoms with Gasteiger partial charge in [0.2, 0.25) is 0 Å². The van der Waals surface area contributed by atoms with Gasteiger partial charge in [-0.2, -0.15) is 0 Å². The molecule has 0 bridgehead atoms. The average molecular weight is 341 g/mol. The number of fused-ring (bicyclic) bond motifs is 3. The lowest BCUT2D eigenvalue weighted by Gasteiger charge is -2.21. The van der Waals surface area contributed by atoms with Gasteiger partial charge >= 0.3 is 0 Å². The maximum atomic E-state index is 2.42. The second kappa shape index (κ2) is 5.74. The van der Waals surface area contributed by atoms with E-state index in [2.05, 4.69) is 101 Å². The minimum atomic E-state index is 0.132. The minimum Gasteiger partial charge on any atom is -0.309 e. The van der Waals surface area contributed by atoms with Crippen molar-refractivity contribution in [2.24, 2.45) is 0 Å². The molecule has 0 aliphatic carbocycles. The van der Waals surface area contributed by atoms with Gasteiger partial charge in [-0.3, -0.25) is 0 Å². The predicted octanol–water partition coefficient (Wildman–Crippen LogP) is 7.01. The van der Waals surface area contributed by atoms with Crippen molar-refractivity contribution in [2.45, 2.75) is 47.0 Å². The number of aryl methyl sites for hydroxylation is 3. The van der Waals surface area contributed by atoms with Crippen molar-refractivity contribution >= 4 is 21.8 Å². The van der Waals surface area contributed by atoms with Gasteiger partial charge in [0.1, 0.15) is 0 Å². The Morgan fingerprint density at radius 1 is 0.615 bits per heavy atom. The molecule has 0 aliphatic rings. The molecule has 4 rings (SSSR count). The van der Waals surface area contributed by atoms with Crippen LogP contribution in [0, 0.1) is 20.8 Å². The van der Waals surface area contributed by atoms with Crippen LogP contribution in [0.15, 0.2) is 54.6 Å². The van der Waals surface area contributed by atoms with Crippen LogP contribution in [0.4, 0.5) is 0 Å². The highest BCUT2D eigenvalue weighted by Gasteiger charge is 2.17. The van der Waals surface area contributed by atoms with Crippen LogP contribution in [-0.4, -0.2) is 4.57 Å². The van der Waals surface area contributed by atoms with Gasteiger partial charge in [0, 0.05) is 16.5 Å². The topological polar surface area (TPSA) is 4.93 Å². The molecule has 1 heteroatoms. The summed E-state index contributed by atoms with van der Waals surface area (Å²) < 4.78 is 2.42. The molecule has 3 aromatic carbocycles. The van der Waals surface area contributed by atoms with E-state index in [1.165, 1.54) is 49.7 Å². The number of nitrogens with zero attached hydrogens (tertiary/aromatic N) is 1. The molecule has 0 N–H and O–H groups in total. The van der Waals surface area contributed by atoms with E-state index in [0.29, 0.717) is 0 Å². The first kappa shape index (κ1) is 16.9. The lowest BCUT2D eigenvalue weighted by molar-refractivity contribution is 0.589. The molecule has 0 saturated carbocycles. The monoisotopic (exact) mass is 341 g/mol. The second-order valence-electron chi connectivity index (χ2n) is 8.68. The molecule has 1 heterocycles. The lowest BCUT2D eigenvalue weighted by atomic mass is 9.86. The molecule has 26 heavy (non-hydrogen) atoms. The van der Waals surface area contributed by atoms with Crippen LogP contribution in [0.25, 0.3) is 27.5 Å². The van der Waals surface area contributed by atoms with E-state index in [-0.39, 0.29) is 5.41 Å². The smallest absolute Gasteiger partial charge is 0.0541 e. The number of aromatic nitrogens is 1. The van der Waals surface area contributed by atoms with E-state index < -0.39 is 0 Å². The van der Waals surface area contributed by atoms with Crippen molar-refractivity contribution in [1.82, 2.24) is 4.57 Å². The molecule has 1 aromatic heterocycles. The van der Waals surface area contributed by atoms with Crippen LogP contribution in [0.5, 0.6) is 0 Å². The number of rotatable bonds is 1. The Morgan fingerprint density at radius 3 is 1.65 bits per heavy atom. The summed E-state index contributed by atoms with van der Waals surface area (Å²) in [4.78, 5) is 0. The average Bonchev–Trinajstić information content (AvgIpc) is 2.86. The molecule has 0 saturated heterocycles. The van der Waals surface area contributed by atoms with Crippen LogP contribution in [-0.2, 0) is 5.41 Å². The summed E-state index contributed by atoms with van der Waals surface area (Å²) in [5.41, 5.74) is 9.23. The molecule has 0 spiro atoms. The summed E-state index contributed by atoms with van der Waals surface area (Å²) in [5, 5.41) is 2.67. The summed E-state index contributed by atoms with van der Waals surface area (Å²) >= 11 is 0. The summed E-state index contributed by atoms with van der Waals surface area (Å²) in [6.45, 7) is 13.4. The van der Waals surface area contributed by atoms with Gasteiger partial charge in [0.15, 0.2) is 0 Å². The van der Waals surface area contributed by atoms with E-state index in [1.54, 1.807) is 0 Å². The van der Waals surface area contributed by atoms with Gasteiger partial charge in [-0.05, 0) is 73.7 Å². The maximum absolute atomic E-state index is 2.42. The molecule has 0 amide bonds. The summed E-state index contributed by atoms with van der Waals surface area (Å²) in [6.07, 6.45) is 0. The van der Waals surface area contributed by atoms with E-state index in [9.17, 15) is 0 Å². The molecule has 1 nitrogen and oxygen atoms in total. The van der Waals surface area contributed by atoms with Crippen LogP contribution in [0.3, 0.4) is 0 Å². The standard InChI is InChI=1S/C25H27N/c1-16-7-9-23-21(13-16)22-14-17(2)8-10-24(22)26(23)20-12-18(3)11-19(15-20)25(4,5)6/h7-15H,1-6H3. The molecule has 0 unspecified atom stereocenters. The van der Waals surface area contributed by atoms with Gasteiger partial charge < -0.3 is 4.57 Å². The van der Waals surface area contributed by atoms with Crippen molar-refractivity contribution in [2.75, 3.05) is 0 Å². The zero-order chi connectivity index (χ0) is 18.6. The summed E-state index contributed by atoms with van der Waals surface area (Å²) in [6, 6.07) is 20.5. The van der Waals surface area contributed by atoms with Crippen molar-refractivity contribution in [3.8, 4) is 5.69 Å². The van der Waals surface area contributed by atoms with Gasteiger partial charge in [0.05, 0.1) is 11.0 Å². The lowest BCUT2D eigenvalue weighted by Crippen LogP contribution is -2.12. The van der Waals surface area contributed by atoms with Crippen LogP contribution < -0.4 is 0 Å². The molecular weight excluding hydrogens is 314 g/mol. The van der Waals surface area contributed by atoms with E-state index in [1.807, 2.05) is 0 Å². The Labute approximate surface area is 156 Å². The zero-order valence-electron chi connectivity index (χ0n) is 16.6. The summed E-state index contributed by atoms with van der Waals surface area (Å²) in [5.74, 6) is 0. The Bertz CT molecular complexity index is 1080. The van der Waals surface area contributed by atoms with Crippen LogP contribution in [0.2, 0.25) is 0 Å². The fraction of sp³-hybridized carbons (Fsp3) is 0.280. The molecule has 4 aromatic rings. The quantitative estimate of drug-likeness (QED) is 0.351. The zero-order valence-corrected chi connectivity index (χ0v) is 16.6. The first-order chi connectivity index (χ1) is 12.2. The third-order valence-corrected chi connectivity index (χ3v) is 5.26. The van der Waals surface area contributed by atoms with Crippen LogP contribution in [0.1, 0.15) is 43.0 Å². The SMILES string of the molecule is Cc1cc(-n2c3ccc(C)cc3c3cc(C)ccc32)cc(C(C)(C)C)c1. The largest absolute Gasteiger partial charge is 0.309 e.